The number of hydrogen-bond acceptors (Lipinski definition) is 6. The number of sulfonamides is 1. The smallest absolute Gasteiger partial charge is 0.243 e. The van der Waals surface area contributed by atoms with Crippen LogP contribution in [-0.2, 0) is 28.4 Å². The number of aromatic nitrogens is 2. The van der Waals surface area contributed by atoms with Crippen LogP contribution in [0.15, 0.2) is 33.7 Å². The van der Waals surface area contributed by atoms with Crippen molar-refractivity contribution in [3.63, 3.8) is 0 Å². The number of hydrogen-bond donors (Lipinski definition) is 0. The third-order valence-electron chi connectivity index (χ3n) is 5.03. The molecule has 0 saturated carbocycles. The third-order valence-corrected chi connectivity index (χ3v) is 6.94. The zero-order valence-corrected chi connectivity index (χ0v) is 18.0. The van der Waals surface area contributed by atoms with Gasteiger partial charge in [0.2, 0.25) is 15.9 Å². The average molecular weight is 407 g/mol. The predicted molar refractivity (Wildman–Crippen MR) is 107 cm³/mol. The molecule has 0 unspecified atom stereocenters. The van der Waals surface area contributed by atoms with Crippen LogP contribution in [0.4, 0.5) is 0 Å². The molecule has 0 radical (unpaired) electrons. The Labute approximate surface area is 167 Å². The second-order valence-corrected chi connectivity index (χ2v) is 10.2. The highest BCUT2D eigenvalue weighted by Gasteiger charge is 2.29. The van der Waals surface area contributed by atoms with E-state index < -0.39 is 10.0 Å². The first-order valence-corrected chi connectivity index (χ1v) is 11.3. The van der Waals surface area contributed by atoms with Crippen LogP contribution in [0.1, 0.15) is 51.4 Å². The Morgan fingerprint density at radius 2 is 1.71 bits per heavy atom. The average Bonchev–Trinajstić information content (AvgIpc) is 3.09. The highest BCUT2D eigenvalue weighted by atomic mass is 32.2. The molecule has 2 heterocycles. The highest BCUT2D eigenvalue weighted by Crippen LogP contribution is 2.25. The van der Waals surface area contributed by atoms with Crippen LogP contribution in [0, 0.1) is 0 Å². The summed E-state index contributed by atoms with van der Waals surface area (Å²) >= 11 is 0. The molecule has 0 amide bonds. The van der Waals surface area contributed by atoms with Crippen molar-refractivity contribution in [2.75, 3.05) is 26.2 Å². The zero-order valence-electron chi connectivity index (χ0n) is 17.2. The molecule has 1 aliphatic heterocycles. The summed E-state index contributed by atoms with van der Waals surface area (Å²) in [6, 6.07) is 7.26. The van der Waals surface area contributed by atoms with Gasteiger partial charge in [-0.1, -0.05) is 45.0 Å². The molecule has 28 heavy (non-hydrogen) atoms. The molecule has 8 heteroatoms. The van der Waals surface area contributed by atoms with Crippen molar-refractivity contribution < 1.29 is 12.9 Å². The summed E-state index contributed by atoms with van der Waals surface area (Å²) in [5.74, 6) is 1.33. The van der Waals surface area contributed by atoms with Gasteiger partial charge in [-0.05, 0) is 29.5 Å². The van der Waals surface area contributed by atoms with Gasteiger partial charge in [-0.15, -0.1) is 0 Å². The van der Waals surface area contributed by atoms with E-state index in [4.69, 9.17) is 4.52 Å². The fourth-order valence-corrected chi connectivity index (χ4v) is 4.70. The molecule has 2 aromatic rings. The van der Waals surface area contributed by atoms with Crippen molar-refractivity contribution >= 4 is 10.0 Å². The van der Waals surface area contributed by atoms with E-state index in [1.807, 2.05) is 12.1 Å². The maximum absolute atomic E-state index is 13.0. The zero-order chi connectivity index (χ0) is 20.4. The molecular weight excluding hydrogens is 376 g/mol. The number of piperazine rings is 1. The van der Waals surface area contributed by atoms with E-state index in [1.54, 1.807) is 16.4 Å². The van der Waals surface area contributed by atoms with Crippen molar-refractivity contribution in [1.29, 1.82) is 0 Å². The van der Waals surface area contributed by atoms with Crippen molar-refractivity contribution in [1.82, 2.24) is 19.3 Å². The molecule has 1 aromatic heterocycles. The van der Waals surface area contributed by atoms with E-state index in [0.717, 1.165) is 18.4 Å². The van der Waals surface area contributed by atoms with Gasteiger partial charge in [-0.25, -0.2) is 8.42 Å². The summed E-state index contributed by atoms with van der Waals surface area (Å²) in [6.07, 6.45) is 1.75. The Kier molecular flexibility index (Phi) is 6.21. The fourth-order valence-electron chi connectivity index (χ4n) is 3.27. The molecule has 154 valence electrons. The monoisotopic (exact) mass is 406 g/mol. The van der Waals surface area contributed by atoms with E-state index in [2.05, 4.69) is 42.7 Å². The Hall–Kier alpha value is -1.77. The van der Waals surface area contributed by atoms with Gasteiger partial charge in [0, 0.05) is 32.6 Å². The molecule has 3 rings (SSSR count). The summed E-state index contributed by atoms with van der Waals surface area (Å²) < 4.78 is 32.7. The summed E-state index contributed by atoms with van der Waals surface area (Å²) in [5.41, 5.74) is 1.12. The largest absolute Gasteiger partial charge is 0.339 e. The number of rotatable bonds is 6. The van der Waals surface area contributed by atoms with Crippen molar-refractivity contribution in [2.24, 2.45) is 0 Å². The Balaban J connectivity index is 1.60. The lowest BCUT2D eigenvalue weighted by Gasteiger charge is -2.33. The van der Waals surface area contributed by atoms with E-state index >= 15 is 0 Å². The van der Waals surface area contributed by atoms with Gasteiger partial charge in [0.15, 0.2) is 5.82 Å². The van der Waals surface area contributed by atoms with E-state index in [-0.39, 0.29) is 5.41 Å². The number of aryl methyl sites for hydroxylation is 1. The molecular formula is C20H30N4O3S. The van der Waals surface area contributed by atoms with E-state index in [0.29, 0.717) is 49.3 Å². The number of benzene rings is 1. The van der Waals surface area contributed by atoms with Gasteiger partial charge < -0.3 is 4.52 Å². The molecule has 0 aliphatic carbocycles. The summed E-state index contributed by atoms with van der Waals surface area (Å²) in [5, 5.41) is 4.01. The molecule has 0 bridgehead atoms. The van der Waals surface area contributed by atoms with Crippen LogP contribution >= 0.6 is 0 Å². The van der Waals surface area contributed by atoms with Crippen LogP contribution in [0.2, 0.25) is 0 Å². The SMILES string of the molecule is CCCc1nc(CN2CCN(S(=O)(=O)c3ccc(C(C)(C)C)cc3)CC2)no1. The van der Waals surface area contributed by atoms with E-state index in [9.17, 15) is 8.42 Å². The quantitative estimate of drug-likeness (QED) is 0.734. The Morgan fingerprint density at radius 3 is 2.29 bits per heavy atom. The summed E-state index contributed by atoms with van der Waals surface area (Å²) in [6.45, 7) is 11.2. The molecule has 0 N–H and O–H groups in total. The van der Waals surface area contributed by atoms with Crippen molar-refractivity contribution in [3.05, 3.63) is 41.5 Å². The molecule has 0 spiro atoms. The van der Waals surface area contributed by atoms with Crippen LogP contribution in [0.25, 0.3) is 0 Å². The molecule has 1 saturated heterocycles. The summed E-state index contributed by atoms with van der Waals surface area (Å²) in [7, 11) is -3.47. The van der Waals surface area contributed by atoms with Crippen LogP contribution < -0.4 is 0 Å². The minimum Gasteiger partial charge on any atom is -0.339 e. The fraction of sp³-hybridized carbons (Fsp3) is 0.600. The maximum Gasteiger partial charge on any atom is 0.243 e. The second-order valence-electron chi connectivity index (χ2n) is 8.31. The second kappa shape index (κ2) is 8.31. The van der Waals surface area contributed by atoms with Crippen molar-refractivity contribution in [2.45, 2.75) is 57.4 Å². The maximum atomic E-state index is 13.0. The Bertz CT molecular complexity index is 877. The topological polar surface area (TPSA) is 79.5 Å². The van der Waals surface area contributed by atoms with Crippen LogP contribution in [0.3, 0.4) is 0 Å². The first-order chi connectivity index (χ1) is 13.2. The number of nitrogens with zero attached hydrogens (tertiary/aromatic N) is 4. The Morgan fingerprint density at radius 1 is 1.07 bits per heavy atom. The summed E-state index contributed by atoms with van der Waals surface area (Å²) in [4.78, 5) is 6.91. The lowest BCUT2D eigenvalue weighted by molar-refractivity contribution is 0.176. The molecule has 1 aliphatic rings. The predicted octanol–water partition coefficient (Wildman–Crippen LogP) is 2.83. The molecule has 1 fully saturated rings. The lowest BCUT2D eigenvalue weighted by Crippen LogP contribution is -2.48. The van der Waals surface area contributed by atoms with Crippen LogP contribution in [0.5, 0.6) is 0 Å². The van der Waals surface area contributed by atoms with Gasteiger partial charge in [0.25, 0.3) is 0 Å². The van der Waals surface area contributed by atoms with Gasteiger partial charge in [0.1, 0.15) is 0 Å². The normalized spacial score (nSPS) is 17.1. The van der Waals surface area contributed by atoms with Crippen molar-refractivity contribution in [3.8, 4) is 0 Å². The van der Waals surface area contributed by atoms with Gasteiger partial charge in [-0.3, -0.25) is 4.90 Å². The minimum atomic E-state index is -3.47. The standard InChI is InChI=1S/C20H30N4O3S/c1-5-6-19-21-18(22-27-19)15-23-11-13-24(14-12-23)28(25,26)17-9-7-16(8-10-17)20(2,3)4/h7-10H,5-6,11-15H2,1-4H3. The molecule has 1 aromatic carbocycles. The van der Waals surface area contributed by atoms with Gasteiger partial charge in [0.05, 0.1) is 11.4 Å². The van der Waals surface area contributed by atoms with Gasteiger partial charge in [-0.2, -0.15) is 9.29 Å². The van der Waals surface area contributed by atoms with E-state index in [1.165, 1.54) is 0 Å². The first-order valence-electron chi connectivity index (χ1n) is 9.84. The molecule has 7 nitrogen and oxygen atoms in total. The highest BCUT2D eigenvalue weighted by molar-refractivity contribution is 7.89. The minimum absolute atomic E-state index is 0.0000660. The first kappa shape index (κ1) is 21.0. The molecule has 0 atom stereocenters. The van der Waals surface area contributed by atoms with Gasteiger partial charge >= 0.3 is 0 Å². The third kappa shape index (κ3) is 4.79. The lowest BCUT2D eigenvalue weighted by atomic mass is 9.87. The van der Waals surface area contributed by atoms with Crippen LogP contribution in [-0.4, -0.2) is 53.9 Å².